The topological polar surface area (TPSA) is 63.8 Å². The van der Waals surface area contributed by atoms with Crippen LogP contribution in [-0.4, -0.2) is 23.1 Å². The van der Waals surface area contributed by atoms with Crippen LogP contribution < -0.4 is 11.1 Å². The van der Waals surface area contributed by atoms with Crippen LogP contribution in [0.1, 0.15) is 30.1 Å². The van der Waals surface area contributed by atoms with Crippen LogP contribution in [0.2, 0.25) is 0 Å². The van der Waals surface area contributed by atoms with Crippen LogP contribution in [0.15, 0.2) is 6.07 Å². The molecule has 0 spiro atoms. The molecule has 3 N–H and O–H groups in total. The Hall–Kier alpha value is -1.37. The fraction of sp³-hybridized carbons (Fsp3) is 0.600. The first-order valence-corrected chi connectivity index (χ1v) is 5.41. The summed E-state index contributed by atoms with van der Waals surface area (Å²) in [5.74, 6) is 0.157. The van der Waals surface area contributed by atoms with Crippen molar-refractivity contribution < 1.29 is 13.2 Å². The molecule has 2 rings (SSSR count). The first kappa shape index (κ1) is 12.1. The molecule has 1 aromatic rings. The third-order valence-corrected chi connectivity index (χ3v) is 2.46. The number of alkyl halides is 3. The maximum absolute atomic E-state index is 12.6. The van der Waals surface area contributed by atoms with Gasteiger partial charge in [-0.1, -0.05) is 0 Å². The highest BCUT2D eigenvalue weighted by Crippen LogP contribution is 2.40. The molecule has 0 unspecified atom stereocenters. The van der Waals surface area contributed by atoms with E-state index in [1.165, 1.54) is 0 Å². The van der Waals surface area contributed by atoms with Crippen molar-refractivity contribution in [3.63, 3.8) is 0 Å². The fourth-order valence-electron chi connectivity index (χ4n) is 1.46. The molecule has 0 aliphatic heterocycles. The highest BCUT2D eigenvalue weighted by molar-refractivity contribution is 5.32. The van der Waals surface area contributed by atoms with Crippen LogP contribution in [0.4, 0.5) is 19.1 Å². The molecule has 0 atom stereocenters. The van der Waals surface area contributed by atoms with E-state index in [0.29, 0.717) is 18.8 Å². The van der Waals surface area contributed by atoms with Crippen LogP contribution in [-0.2, 0) is 6.18 Å². The molecule has 0 aromatic carbocycles. The molecule has 1 aliphatic carbocycles. The van der Waals surface area contributed by atoms with Crippen LogP contribution >= 0.6 is 0 Å². The quantitative estimate of drug-likeness (QED) is 0.849. The lowest BCUT2D eigenvalue weighted by Crippen LogP contribution is -2.17. The van der Waals surface area contributed by atoms with Crippen molar-refractivity contribution in [1.29, 1.82) is 0 Å². The number of halogens is 3. The minimum absolute atomic E-state index is 0.00664. The summed E-state index contributed by atoms with van der Waals surface area (Å²) in [6.07, 6.45) is -2.65. The number of hydrogen-bond donors (Lipinski definition) is 2. The Morgan fingerprint density at radius 2 is 2.06 bits per heavy atom. The zero-order valence-electron chi connectivity index (χ0n) is 9.09. The van der Waals surface area contributed by atoms with Crippen molar-refractivity contribution >= 4 is 5.95 Å². The van der Waals surface area contributed by atoms with Crippen molar-refractivity contribution in [3.05, 3.63) is 17.5 Å². The molecule has 1 heterocycles. The lowest BCUT2D eigenvalue weighted by Gasteiger charge is -2.10. The van der Waals surface area contributed by atoms with E-state index in [4.69, 9.17) is 5.73 Å². The molecule has 94 valence electrons. The molecule has 0 saturated heterocycles. The van der Waals surface area contributed by atoms with Crippen LogP contribution in [0, 0.1) is 0 Å². The van der Waals surface area contributed by atoms with Gasteiger partial charge in [-0.2, -0.15) is 13.2 Å². The van der Waals surface area contributed by atoms with Gasteiger partial charge in [0.25, 0.3) is 0 Å². The molecule has 4 nitrogen and oxygen atoms in total. The van der Waals surface area contributed by atoms with E-state index in [-0.39, 0.29) is 11.9 Å². The summed E-state index contributed by atoms with van der Waals surface area (Å²) >= 11 is 0. The van der Waals surface area contributed by atoms with Gasteiger partial charge < -0.3 is 11.1 Å². The molecule has 17 heavy (non-hydrogen) atoms. The average Bonchev–Trinajstić information content (AvgIpc) is 3.08. The second-order valence-electron chi connectivity index (χ2n) is 3.99. The highest BCUT2D eigenvalue weighted by atomic mass is 19.4. The molecule has 0 bridgehead atoms. The third-order valence-electron chi connectivity index (χ3n) is 2.46. The number of nitrogens with one attached hydrogen (secondary N) is 1. The van der Waals surface area contributed by atoms with Gasteiger partial charge >= 0.3 is 6.18 Å². The van der Waals surface area contributed by atoms with Gasteiger partial charge in [-0.15, -0.1) is 0 Å². The van der Waals surface area contributed by atoms with E-state index < -0.39 is 11.9 Å². The maximum Gasteiger partial charge on any atom is 0.433 e. The molecule has 1 saturated carbocycles. The van der Waals surface area contributed by atoms with Gasteiger partial charge in [-0.3, -0.25) is 0 Å². The van der Waals surface area contributed by atoms with Gasteiger partial charge in [-0.25, -0.2) is 9.97 Å². The first-order valence-electron chi connectivity index (χ1n) is 5.41. The van der Waals surface area contributed by atoms with Crippen LogP contribution in [0.5, 0.6) is 0 Å². The van der Waals surface area contributed by atoms with Crippen molar-refractivity contribution in [2.45, 2.75) is 24.9 Å². The Morgan fingerprint density at radius 3 is 2.59 bits per heavy atom. The molecular formula is C10H13F3N4. The van der Waals surface area contributed by atoms with E-state index >= 15 is 0 Å². The molecule has 0 amide bonds. The Balaban J connectivity index is 2.28. The van der Waals surface area contributed by atoms with Crippen molar-refractivity contribution in [2.24, 2.45) is 5.73 Å². The fourth-order valence-corrected chi connectivity index (χ4v) is 1.46. The summed E-state index contributed by atoms with van der Waals surface area (Å²) in [6.45, 7) is 0.670. The third kappa shape index (κ3) is 3.06. The molecule has 1 fully saturated rings. The smallest absolute Gasteiger partial charge is 0.353 e. The molecule has 1 aliphatic rings. The summed E-state index contributed by atoms with van der Waals surface area (Å²) in [6, 6.07) is 1.03. The SMILES string of the molecule is NCCNc1nc(C2CC2)cc(C(F)(F)F)n1. The lowest BCUT2D eigenvalue weighted by atomic mass is 10.2. The summed E-state index contributed by atoms with van der Waals surface area (Å²) in [5.41, 5.74) is 4.84. The van der Waals surface area contributed by atoms with Gasteiger partial charge in [-0.05, 0) is 18.9 Å². The van der Waals surface area contributed by atoms with Gasteiger partial charge in [0.1, 0.15) is 5.69 Å². The van der Waals surface area contributed by atoms with Crippen molar-refractivity contribution in [3.8, 4) is 0 Å². The van der Waals surface area contributed by atoms with E-state index in [1.54, 1.807) is 0 Å². The molecule has 1 aromatic heterocycles. The largest absolute Gasteiger partial charge is 0.433 e. The normalized spacial score (nSPS) is 16.0. The maximum atomic E-state index is 12.6. The summed E-state index contributed by atoms with van der Waals surface area (Å²) in [7, 11) is 0. The number of aromatic nitrogens is 2. The standard InChI is InChI=1S/C10H13F3N4/c11-10(12,13)8-5-7(6-1-2-6)16-9(17-8)15-4-3-14/h5-6H,1-4,14H2,(H,15,16,17). The zero-order valence-corrected chi connectivity index (χ0v) is 9.09. The van der Waals surface area contributed by atoms with Crippen molar-refractivity contribution in [2.75, 3.05) is 18.4 Å². The number of anilines is 1. The Morgan fingerprint density at radius 1 is 1.35 bits per heavy atom. The van der Waals surface area contributed by atoms with E-state index in [0.717, 1.165) is 18.9 Å². The molecular weight excluding hydrogens is 233 g/mol. The van der Waals surface area contributed by atoms with E-state index in [2.05, 4.69) is 15.3 Å². The van der Waals surface area contributed by atoms with Gasteiger partial charge in [0.2, 0.25) is 5.95 Å². The van der Waals surface area contributed by atoms with Gasteiger partial charge in [0.15, 0.2) is 0 Å². The predicted octanol–water partition coefficient (Wildman–Crippen LogP) is 1.74. The number of rotatable bonds is 4. The summed E-state index contributed by atoms with van der Waals surface area (Å²) in [5, 5.41) is 2.68. The Bertz CT molecular complexity index is 401. The number of nitrogens with zero attached hydrogens (tertiary/aromatic N) is 2. The minimum Gasteiger partial charge on any atom is -0.353 e. The average molecular weight is 246 g/mol. The second kappa shape index (κ2) is 4.48. The molecule has 0 radical (unpaired) electrons. The Kier molecular flexibility index (Phi) is 3.19. The lowest BCUT2D eigenvalue weighted by molar-refractivity contribution is -0.141. The number of hydrogen-bond acceptors (Lipinski definition) is 4. The van der Waals surface area contributed by atoms with Crippen molar-refractivity contribution in [1.82, 2.24) is 9.97 Å². The molecule has 7 heteroatoms. The highest BCUT2D eigenvalue weighted by Gasteiger charge is 2.35. The Labute approximate surface area is 96.4 Å². The second-order valence-corrected chi connectivity index (χ2v) is 3.99. The predicted molar refractivity (Wildman–Crippen MR) is 56.6 cm³/mol. The van der Waals surface area contributed by atoms with Gasteiger partial charge in [0.05, 0.1) is 0 Å². The summed E-state index contributed by atoms with van der Waals surface area (Å²) < 4.78 is 37.8. The van der Waals surface area contributed by atoms with E-state index in [9.17, 15) is 13.2 Å². The zero-order chi connectivity index (χ0) is 12.5. The van der Waals surface area contributed by atoms with Crippen LogP contribution in [0.3, 0.4) is 0 Å². The summed E-state index contributed by atoms with van der Waals surface area (Å²) in [4.78, 5) is 7.52. The van der Waals surface area contributed by atoms with E-state index in [1.807, 2.05) is 0 Å². The van der Waals surface area contributed by atoms with Gasteiger partial charge in [0, 0.05) is 24.7 Å². The monoisotopic (exact) mass is 246 g/mol. The number of nitrogens with two attached hydrogens (primary N) is 1. The van der Waals surface area contributed by atoms with Crippen LogP contribution in [0.25, 0.3) is 0 Å². The minimum atomic E-state index is -4.44. The first-order chi connectivity index (χ1) is 8.00.